The maximum Gasteiger partial charge on any atom is 0.303 e. The van der Waals surface area contributed by atoms with Gasteiger partial charge in [-0.2, -0.15) is 0 Å². The molecular weight excluding hydrogens is 218 g/mol. The van der Waals surface area contributed by atoms with Gasteiger partial charge in [0.15, 0.2) is 0 Å². The molecule has 0 radical (unpaired) electrons. The number of ether oxygens (including phenoxy) is 1. The Bertz CT molecular complexity index is 392. The lowest BCUT2D eigenvalue weighted by atomic mass is 10.2. The number of anilines is 1. The number of benzene rings is 1. The van der Waals surface area contributed by atoms with Crippen LogP contribution in [0.3, 0.4) is 0 Å². The number of unbranched alkanes of at least 4 members (excludes halogenated alkanes) is 1. The molecule has 0 aromatic heterocycles. The number of fused-ring (bicyclic) bond motifs is 1. The normalized spacial score (nSPS) is 14.0. The van der Waals surface area contributed by atoms with Crippen LogP contribution >= 0.6 is 0 Å². The summed E-state index contributed by atoms with van der Waals surface area (Å²) in [7, 11) is 0. The molecular formula is C13H17NO3. The molecule has 0 aliphatic carbocycles. The summed E-state index contributed by atoms with van der Waals surface area (Å²) in [6.45, 7) is 2.48. The summed E-state index contributed by atoms with van der Waals surface area (Å²) in [5, 5.41) is 8.57. The molecule has 4 heteroatoms. The van der Waals surface area contributed by atoms with Gasteiger partial charge in [-0.15, -0.1) is 0 Å². The Kier molecular flexibility index (Phi) is 3.85. The highest BCUT2D eigenvalue weighted by Gasteiger charge is 2.16. The minimum Gasteiger partial charge on any atom is -0.490 e. The van der Waals surface area contributed by atoms with Crippen molar-refractivity contribution in [3.05, 3.63) is 24.3 Å². The highest BCUT2D eigenvalue weighted by Crippen LogP contribution is 2.30. The molecule has 0 saturated carbocycles. The molecule has 92 valence electrons. The van der Waals surface area contributed by atoms with Crippen molar-refractivity contribution >= 4 is 11.7 Å². The summed E-state index contributed by atoms with van der Waals surface area (Å²) in [4.78, 5) is 12.7. The number of rotatable bonds is 5. The van der Waals surface area contributed by atoms with E-state index in [1.165, 1.54) is 0 Å². The highest BCUT2D eigenvalue weighted by atomic mass is 16.5. The monoisotopic (exact) mass is 235 g/mol. The number of carboxylic acid groups (broad SMARTS) is 1. The predicted octanol–water partition coefficient (Wildman–Crippen LogP) is 2.14. The molecule has 4 nitrogen and oxygen atoms in total. The first-order valence-electron chi connectivity index (χ1n) is 5.96. The quantitative estimate of drug-likeness (QED) is 0.794. The fourth-order valence-corrected chi connectivity index (χ4v) is 2.04. The molecule has 1 aliphatic heterocycles. The van der Waals surface area contributed by atoms with E-state index in [4.69, 9.17) is 9.84 Å². The molecule has 0 fully saturated rings. The van der Waals surface area contributed by atoms with Crippen molar-refractivity contribution in [3.8, 4) is 5.75 Å². The Labute approximate surface area is 101 Å². The number of nitrogens with zero attached hydrogens (tertiary/aromatic N) is 1. The SMILES string of the molecule is O=C(O)CCCCN1CCOc2ccccc21. The summed E-state index contributed by atoms with van der Waals surface area (Å²) in [6.07, 6.45) is 1.89. The van der Waals surface area contributed by atoms with Crippen molar-refractivity contribution < 1.29 is 14.6 Å². The van der Waals surface area contributed by atoms with Crippen molar-refractivity contribution in [2.75, 3.05) is 24.6 Å². The third-order valence-electron chi connectivity index (χ3n) is 2.89. The Morgan fingerprint density at radius 1 is 1.35 bits per heavy atom. The van der Waals surface area contributed by atoms with Crippen LogP contribution < -0.4 is 9.64 Å². The molecule has 1 aromatic carbocycles. The van der Waals surface area contributed by atoms with Crippen LogP contribution in [0.4, 0.5) is 5.69 Å². The number of para-hydroxylation sites is 2. The van der Waals surface area contributed by atoms with Crippen LogP contribution in [-0.2, 0) is 4.79 Å². The molecule has 0 bridgehead atoms. The Morgan fingerprint density at radius 2 is 2.18 bits per heavy atom. The molecule has 17 heavy (non-hydrogen) atoms. The predicted molar refractivity (Wildman–Crippen MR) is 65.6 cm³/mol. The van der Waals surface area contributed by atoms with Crippen molar-refractivity contribution in [1.29, 1.82) is 0 Å². The van der Waals surface area contributed by atoms with Gasteiger partial charge in [0.05, 0.1) is 12.2 Å². The van der Waals surface area contributed by atoms with E-state index in [9.17, 15) is 4.79 Å². The fourth-order valence-electron chi connectivity index (χ4n) is 2.04. The molecule has 1 aliphatic rings. The van der Waals surface area contributed by atoms with Crippen LogP contribution in [0.15, 0.2) is 24.3 Å². The van der Waals surface area contributed by atoms with E-state index in [-0.39, 0.29) is 6.42 Å². The third kappa shape index (κ3) is 3.12. The molecule has 0 spiro atoms. The van der Waals surface area contributed by atoms with Crippen LogP contribution in [0.25, 0.3) is 0 Å². The van der Waals surface area contributed by atoms with Gasteiger partial charge in [-0.3, -0.25) is 4.79 Å². The lowest BCUT2D eigenvalue weighted by molar-refractivity contribution is -0.137. The van der Waals surface area contributed by atoms with Crippen LogP contribution in [-0.4, -0.2) is 30.8 Å². The summed E-state index contributed by atoms with van der Waals surface area (Å²) in [6, 6.07) is 7.98. The molecule has 0 saturated heterocycles. The van der Waals surface area contributed by atoms with Crippen LogP contribution in [0, 0.1) is 0 Å². The molecule has 0 atom stereocenters. The standard InChI is InChI=1S/C13H17NO3/c15-13(16)7-3-4-8-14-9-10-17-12-6-2-1-5-11(12)14/h1-2,5-6H,3-4,7-10H2,(H,15,16). The van der Waals surface area contributed by atoms with E-state index in [0.29, 0.717) is 6.61 Å². The van der Waals surface area contributed by atoms with Gasteiger partial charge in [-0.1, -0.05) is 12.1 Å². The number of hydrogen-bond donors (Lipinski definition) is 1. The number of carbonyl (C=O) groups is 1. The second kappa shape index (κ2) is 5.57. The summed E-state index contributed by atoms with van der Waals surface area (Å²) in [5.74, 6) is 0.212. The highest BCUT2D eigenvalue weighted by molar-refractivity contribution is 5.66. The Balaban J connectivity index is 1.88. The molecule has 0 unspecified atom stereocenters. The maximum absolute atomic E-state index is 10.4. The van der Waals surface area contributed by atoms with Crippen LogP contribution in [0.1, 0.15) is 19.3 Å². The molecule has 1 N–H and O–H groups in total. The van der Waals surface area contributed by atoms with E-state index in [1.54, 1.807) is 0 Å². The van der Waals surface area contributed by atoms with Crippen molar-refractivity contribution in [1.82, 2.24) is 0 Å². The van der Waals surface area contributed by atoms with Gasteiger partial charge >= 0.3 is 5.97 Å². The van der Waals surface area contributed by atoms with E-state index >= 15 is 0 Å². The fraction of sp³-hybridized carbons (Fsp3) is 0.462. The molecule has 1 heterocycles. The van der Waals surface area contributed by atoms with Crippen LogP contribution in [0.2, 0.25) is 0 Å². The van der Waals surface area contributed by atoms with Gasteiger partial charge in [0, 0.05) is 13.0 Å². The smallest absolute Gasteiger partial charge is 0.303 e. The summed E-state index contributed by atoms with van der Waals surface area (Å²) < 4.78 is 5.56. The first-order chi connectivity index (χ1) is 8.27. The summed E-state index contributed by atoms with van der Waals surface area (Å²) >= 11 is 0. The van der Waals surface area contributed by atoms with Gasteiger partial charge in [0.1, 0.15) is 12.4 Å². The Morgan fingerprint density at radius 3 is 3.00 bits per heavy atom. The zero-order valence-electron chi connectivity index (χ0n) is 9.76. The molecule has 2 rings (SSSR count). The number of aliphatic carboxylic acids is 1. The second-order valence-electron chi connectivity index (χ2n) is 4.15. The van der Waals surface area contributed by atoms with E-state index in [0.717, 1.165) is 37.4 Å². The van der Waals surface area contributed by atoms with Crippen molar-refractivity contribution in [3.63, 3.8) is 0 Å². The average Bonchev–Trinajstić information content (AvgIpc) is 2.34. The van der Waals surface area contributed by atoms with Crippen molar-refractivity contribution in [2.45, 2.75) is 19.3 Å². The van der Waals surface area contributed by atoms with Gasteiger partial charge in [-0.25, -0.2) is 0 Å². The first kappa shape index (κ1) is 11.8. The topological polar surface area (TPSA) is 49.8 Å². The minimum absolute atomic E-state index is 0.256. The van der Waals surface area contributed by atoms with Crippen molar-refractivity contribution in [2.24, 2.45) is 0 Å². The van der Waals surface area contributed by atoms with Gasteiger partial charge in [0.2, 0.25) is 0 Å². The van der Waals surface area contributed by atoms with E-state index < -0.39 is 5.97 Å². The third-order valence-corrected chi connectivity index (χ3v) is 2.89. The van der Waals surface area contributed by atoms with E-state index in [2.05, 4.69) is 4.90 Å². The average molecular weight is 235 g/mol. The van der Waals surface area contributed by atoms with E-state index in [1.807, 2.05) is 24.3 Å². The zero-order valence-corrected chi connectivity index (χ0v) is 9.76. The molecule has 1 aromatic rings. The largest absolute Gasteiger partial charge is 0.490 e. The van der Waals surface area contributed by atoms with Gasteiger partial charge in [-0.05, 0) is 25.0 Å². The molecule has 0 amide bonds. The minimum atomic E-state index is -0.715. The Hall–Kier alpha value is -1.71. The van der Waals surface area contributed by atoms with Gasteiger partial charge < -0.3 is 14.7 Å². The zero-order chi connectivity index (χ0) is 12.1. The van der Waals surface area contributed by atoms with Crippen LogP contribution in [0.5, 0.6) is 5.75 Å². The van der Waals surface area contributed by atoms with Gasteiger partial charge in [0.25, 0.3) is 0 Å². The number of carboxylic acids is 1. The lowest BCUT2D eigenvalue weighted by Gasteiger charge is -2.31. The first-order valence-corrected chi connectivity index (χ1v) is 5.96. The second-order valence-corrected chi connectivity index (χ2v) is 4.15. The summed E-state index contributed by atoms with van der Waals surface area (Å²) in [5.41, 5.74) is 1.12. The maximum atomic E-state index is 10.4. The lowest BCUT2D eigenvalue weighted by Crippen LogP contribution is -2.33. The number of hydrogen-bond acceptors (Lipinski definition) is 3.